The first-order valence-electron chi connectivity index (χ1n) is 6.98. The van der Waals surface area contributed by atoms with E-state index < -0.39 is 0 Å². The molecule has 4 N–H and O–H groups in total. The largest absolute Gasteiger partial charge is 0.354 e. The van der Waals surface area contributed by atoms with Crippen LogP contribution in [0.1, 0.15) is 32.1 Å². The highest BCUT2D eigenvalue weighted by molar-refractivity contribution is 5.81. The normalized spacial score (nSPS) is 26.9. The minimum Gasteiger partial charge on any atom is -0.354 e. The van der Waals surface area contributed by atoms with Crippen LogP contribution in [-0.2, 0) is 9.59 Å². The molecule has 2 atom stereocenters. The van der Waals surface area contributed by atoms with Crippen LogP contribution in [0.5, 0.6) is 0 Å². The molecular weight excluding hydrogens is 230 g/mol. The molecular formula is C13H23N3O2. The van der Waals surface area contributed by atoms with Gasteiger partial charge in [0, 0.05) is 24.9 Å². The lowest BCUT2D eigenvalue weighted by Crippen LogP contribution is -2.39. The average molecular weight is 253 g/mol. The number of hydrogen-bond donors (Lipinski definition) is 3. The number of carbonyl (C=O) groups excluding carboxylic acids is 2. The maximum atomic E-state index is 11.9. The van der Waals surface area contributed by atoms with E-state index in [1.807, 2.05) is 0 Å². The fourth-order valence-electron chi connectivity index (χ4n) is 2.66. The van der Waals surface area contributed by atoms with Crippen LogP contribution in [-0.4, -0.2) is 31.4 Å². The van der Waals surface area contributed by atoms with Crippen molar-refractivity contribution in [3.63, 3.8) is 0 Å². The molecule has 5 heteroatoms. The van der Waals surface area contributed by atoms with Gasteiger partial charge in [0.2, 0.25) is 11.8 Å². The van der Waals surface area contributed by atoms with Crippen molar-refractivity contribution in [3.8, 4) is 0 Å². The van der Waals surface area contributed by atoms with Gasteiger partial charge < -0.3 is 16.4 Å². The minimum atomic E-state index is 0.0779. The molecule has 2 aliphatic carbocycles. The average Bonchev–Trinajstić information content (AvgIpc) is 3.11. The zero-order valence-electron chi connectivity index (χ0n) is 10.8. The van der Waals surface area contributed by atoms with Crippen molar-refractivity contribution in [2.24, 2.45) is 23.5 Å². The quantitative estimate of drug-likeness (QED) is 0.583. The number of nitrogens with one attached hydrogen (secondary N) is 2. The SMILES string of the molecule is NCC1CCCC1C(=O)NCCNC(=O)C1CC1. The Hall–Kier alpha value is -1.10. The molecule has 0 aromatic carbocycles. The first-order chi connectivity index (χ1) is 8.72. The Labute approximate surface area is 108 Å². The predicted molar refractivity (Wildman–Crippen MR) is 68.6 cm³/mol. The number of hydrogen-bond acceptors (Lipinski definition) is 3. The van der Waals surface area contributed by atoms with Crippen molar-refractivity contribution in [3.05, 3.63) is 0 Å². The standard InChI is InChI=1S/C13H23N3O2/c14-8-10-2-1-3-11(10)13(18)16-7-6-15-12(17)9-4-5-9/h9-11H,1-8,14H2,(H,15,17)(H,16,18). The molecule has 5 nitrogen and oxygen atoms in total. The van der Waals surface area contributed by atoms with E-state index in [9.17, 15) is 9.59 Å². The summed E-state index contributed by atoms with van der Waals surface area (Å²) in [5.41, 5.74) is 5.66. The van der Waals surface area contributed by atoms with E-state index in [-0.39, 0.29) is 23.7 Å². The molecule has 0 spiro atoms. The van der Waals surface area contributed by atoms with E-state index in [0.29, 0.717) is 25.6 Å². The van der Waals surface area contributed by atoms with Gasteiger partial charge in [0.15, 0.2) is 0 Å². The van der Waals surface area contributed by atoms with E-state index in [0.717, 1.165) is 32.1 Å². The summed E-state index contributed by atoms with van der Waals surface area (Å²) in [5, 5.41) is 5.73. The highest BCUT2D eigenvalue weighted by Crippen LogP contribution is 2.31. The zero-order valence-corrected chi connectivity index (χ0v) is 10.8. The van der Waals surface area contributed by atoms with Gasteiger partial charge in [-0.3, -0.25) is 9.59 Å². The second-order valence-electron chi connectivity index (χ2n) is 5.39. The summed E-state index contributed by atoms with van der Waals surface area (Å²) in [5.74, 6) is 0.880. The van der Waals surface area contributed by atoms with Crippen LogP contribution < -0.4 is 16.4 Å². The summed E-state index contributed by atoms with van der Waals surface area (Å²) < 4.78 is 0. The van der Waals surface area contributed by atoms with Crippen LogP contribution in [0, 0.1) is 17.8 Å². The van der Waals surface area contributed by atoms with Gasteiger partial charge in [0.05, 0.1) is 0 Å². The van der Waals surface area contributed by atoms with Crippen LogP contribution in [0.25, 0.3) is 0 Å². The Morgan fingerprint density at radius 3 is 2.28 bits per heavy atom. The van der Waals surface area contributed by atoms with Crippen molar-refractivity contribution in [2.75, 3.05) is 19.6 Å². The topological polar surface area (TPSA) is 84.2 Å². The lowest BCUT2D eigenvalue weighted by atomic mass is 9.95. The molecule has 0 aliphatic heterocycles. The smallest absolute Gasteiger partial charge is 0.223 e. The van der Waals surface area contributed by atoms with Crippen LogP contribution in [0.2, 0.25) is 0 Å². The maximum Gasteiger partial charge on any atom is 0.223 e. The van der Waals surface area contributed by atoms with E-state index in [1.54, 1.807) is 0 Å². The van der Waals surface area contributed by atoms with Crippen molar-refractivity contribution in [1.29, 1.82) is 0 Å². The van der Waals surface area contributed by atoms with Crippen LogP contribution in [0.15, 0.2) is 0 Å². The number of rotatable bonds is 6. The van der Waals surface area contributed by atoms with E-state index >= 15 is 0 Å². The second kappa shape index (κ2) is 6.18. The summed E-state index contributed by atoms with van der Waals surface area (Å²) in [6, 6.07) is 0. The fourth-order valence-corrected chi connectivity index (χ4v) is 2.66. The molecule has 2 amide bonds. The Morgan fingerprint density at radius 2 is 1.67 bits per heavy atom. The number of carbonyl (C=O) groups is 2. The van der Waals surface area contributed by atoms with Crippen molar-refractivity contribution < 1.29 is 9.59 Å². The molecule has 0 aromatic rings. The number of nitrogens with two attached hydrogens (primary N) is 1. The van der Waals surface area contributed by atoms with E-state index in [1.165, 1.54) is 0 Å². The molecule has 2 aliphatic rings. The van der Waals surface area contributed by atoms with Gasteiger partial charge in [-0.1, -0.05) is 6.42 Å². The molecule has 0 heterocycles. The fraction of sp³-hybridized carbons (Fsp3) is 0.846. The van der Waals surface area contributed by atoms with Crippen LogP contribution in [0.3, 0.4) is 0 Å². The Kier molecular flexibility index (Phi) is 4.58. The summed E-state index contributed by atoms with van der Waals surface area (Å²) >= 11 is 0. The molecule has 0 bridgehead atoms. The second-order valence-corrected chi connectivity index (χ2v) is 5.39. The summed E-state index contributed by atoms with van der Waals surface area (Å²) in [4.78, 5) is 23.3. The van der Waals surface area contributed by atoms with Gasteiger partial charge in [-0.25, -0.2) is 0 Å². The predicted octanol–water partition coefficient (Wildman–Crippen LogP) is 0.00380. The molecule has 0 saturated heterocycles. The summed E-state index contributed by atoms with van der Waals surface area (Å²) in [6.45, 7) is 1.64. The van der Waals surface area contributed by atoms with Gasteiger partial charge >= 0.3 is 0 Å². The summed E-state index contributed by atoms with van der Waals surface area (Å²) in [6.07, 6.45) is 5.13. The third kappa shape index (κ3) is 3.45. The molecule has 0 aromatic heterocycles. The third-order valence-corrected chi connectivity index (χ3v) is 3.97. The molecule has 2 unspecified atom stereocenters. The van der Waals surface area contributed by atoms with Crippen molar-refractivity contribution >= 4 is 11.8 Å². The summed E-state index contributed by atoms with van der Waals surface area (Å²) in [7, 11) is 0. The molecule has 2 rings (SSSR count). The Bertz CT molecular complexity index is 315. The molecule has 18 heavy (non-hydrogen) atoms. The zero-order chi connectivity index (χ0) is 13.0. The van der Waals surface area contributed by atoms with Crippen LogP contribution >= 0.6 is 0 Å². The molecule has 2 saturated carbocycles. The third-order valence-electron chi connectivity index (χ3n) is 3.97. The van der Waals surface area contributed by atoms with Crippen molar-refractivity contribution in [2.45, 2.75) is 32.1 Å². The van der Waals surface area contributed by atoms with Gasteiger partial charge in [-0.15, -0.1) is 0 Å². The lowest BCUT2D eigenvalue weighted by Gasteiger charge is -2.17. The number of amides is 2. The Balaban J connectivity index is 1.60. The molecule has 2 fully saturated rings. The van der Waals surface area contributed by atoms with Gasteiger partial charge in [-0.05, 0) is 38.1 Å². The van der Waals surface area contributed by atoms with E-state index in [4.69, 9.17) is 5.73 Å². The molecule has 102 valence electrons. The van der Waals surface area contributed by atoms with Crippen LogP contribution in [0.4, 0.5) is 0 Å². The highest BCUT2D eigenvalue weighted by Gasteiger charge is 2.32. The van der Waals surface area contributed by atoms with Gasteiger partial charge in [0.25, 0.3) is 0 Å². The van der Waals surface area contributed by atoms with Gasteiger partial charge in [0.1, 0.15) is 0 Å². The maximum absolute atomic E-state index is 11.9. The van der Waals surface area contributed by atoms with Gasteiger partial charge in [-0.2, -0.15) is 0 Å². The first-order valence-corrected chi connectivity index (χ1v) is 6.98. The monoisotopic (exact) mass is 253 g/mol. The molecule has 0 radical (unpaired) electrons. The lowest BCUT2D eigenvalue weighted by molar-refractivity contribution is -0.126. The van der Waals surface area contributed by atoms with E-state index in [2.05, 4.69) is 10.6 Å². The Morgan fingerprint density at radius 1 is 1.00 bits per heavy atom. The first kappa shape index (κ1) is 13.3. The minimum absolute atomic E-state index is 0.0779. The highest BCUT2D eigenvalue weighted by atomic mass is 16.2. The van der Waals surface area contributed by atoms with Crippen molar-refractivity contribution in [1.82, 2.24) is 10.6 Å².